The maximum absolute atomic E-state index is 10.9. The van der Waals surface area contributed by atoms with Crippen molar-refractivity contribution in [3.63, 3.8) is 0 Å². The molecule has 0 aliphatic rings. The second-order valence-electron chi connectivity index (χ2n) is 2.72. The maximum Gasteiger partial charge on any atom is 0.248 e. The predicted octanol–water partition coefficient (Wildman–Crippen LogP) is 2.27. The van der Waals surface area contributed by atoms with Gasteiger partial charge < -0.3 is 0 Å². The molecule has 0 N–H and O–H groups in total. The predicted molar refractivity (Wildman–Crippen MR) is 53.2 cm³/mol. The van der Waals surface area contributed by atoms with Crippen molar-refractivity contribution in [1.82, 2.24) is 10.3 Å². The van der Waals surface area contributed by atoms with Gasteiger partial charge in [-0.1, -0.05) is 31.6 Å². The lowest BCUT2D eigenvalue weighted by Gasteiger charge is -1.91. The normalized spacial score (nSPS) is 10.0. The summed E-state index contributed by atoms with van der Waals surface area (Å²) in [6.45, 7) is 3.92. The molecule has 1 aromatic rings. The van der Waals surface area contributed by atoms with Gasteiger partial charge in [-0.25, -0.2) is 4.98 Å². The van der Waals surface area contributed by atoms with Crippen molar-refractivity contribution in [2.24, 2.45) is 0 Å². The van der Waals surface area contributed by atoms with Crippen molar-refractivity contribution < 1.29 is 4.79 Å². The summed E-state index contributed by atoms with van der Waals surface area (Å²) in [5.41, 5.74) is 0. The molecular weight excluding hydrogens is 184 g/mol. The van der Waals surface area contributed by atoms with E-state index in [4.69, 9.17) is 0 Å². The van der Waals surface area contributed by atoms with Crippen molar-refractivity contribution in [3.8, 4) is 0 Å². The molecule has 1 aromatic heterocycles. The van der Waals surface area contributed by atoms with Crippen molar-refractivity contribution in [1.29, 1.82) is 0 Å². The Kier molecular flexibility index (Phi) is 3.89. The highest BCUT2D eigenvalue weighted by Crippen LogP contribution is 2.19. The average molecular weight is 197 g/mol. The molecule has 0 spiro atoms. The quantitative estimate of drug-likeness (QED) is 0.743. The van der Waals surface area contributed by atoms with E-state index in [1.54, 1.807) is 13.1 Å². The fourth-order valence-corrected chi connectivity index (χ4v) is 1.80. The van der Waals surface area contributed by atoms with Crippen LogP contribution in [0.15, 0.2) is 6.20 Å². The lowest BCUT2D eigenvalue weighted by molar-refractivity contribution is -0.119. The van der Waals surface area contributed by atoms with Crippen LogP contribution in [0.3, 0.4) is 0 Å². The van der Waals surface area contributed by atoms with Crippen LogP contribution in [-0.4, -0.2) is 10.9 Å². The fourth-order valence-electron chi connectivity index (χ4n) is 0.897. The minimum Gasteiger partial charge on any atom is -0.273 e. The number of nitrogens with zero attached hydrogens (tertiary/aromatic N) is 2. The Morgan fingerprint density at radius 3 is 3.00 bits per heavy atom. The zero-order chi connectivity index (χ0) is 9.68. The highest BCUT2D eigenvalue weighted by Gasteiger charge is 2.05. The SMILES string of the molecule is CCCc1cnc([N]C(=O)CC)s1. The molecule has 1 radical (unpaired) electrons. The van der Waals surface area contributed by atoms with E-state index in [1.165, 1.54) is 16.2 Å². The van der Waals surface area contributed by atoms with Crippen LogP contribution in [0.25, 0.3) is 0 Å². The molecule has 13 heavy (non-hydrogen) atoms. The Morgan fingerprint density at radius 1 is 1.62 bits per heavy atom. The molecule has 4 heteroatoms. The van der Waals surface area contributed by atoms with Gasteiger partial charge >= 0.3 is 0 Å². The summed E-state index contributed by atoms with van der Waals surface area (Å²) in [4.78, 5) is 16.2. The third kappa shape index (κ3) is 3.14. The van der Waals surface area contributed by atoms with Gasteiger partial charge in [-0.2, -0.15) is 5.32 Å². The molecule has 1 amide bonds. The summed E-state index contributed by atoms with van der Waals surface area (Å²) < 4.78 is 0. The highest BCUT2D eigenvalue weighted by molar-refractivity contribution is 7.15. The topological polar surface area (TPSA) is 44.1 Å². The third-order valence-corrected chi connectivity index (χ3v) is 2.51. The molecular formula is C9H13N2OS. The van der Waals surface area contributed by atoms with Crippen molar-refractivity contribution in [3.05, 3.63) is 11.1 Å². The molecule has 1 heterocycles. The Hall–Kier alpha value is -0.900. The minimum absolute atomic E-state index is 0.0996. The van der Waals surface area contributed by atoms with Gasteiger partial charge in [0.1, 0.15) is 0 Å². The summed E-state index contributed by atoms with van der Waals surface area (Å²) >= 11 is 1.50. The number of amides is 1. The van der Waals surface area contributed by atoms with E-state index >= 15 is 0 Å². The largest absolute Gasteiger partial charge is 0.273 e. The molecule has 0 aliphatic carbocycles. The zero-order valence-electron chi connectivity index (χ0n) is 7.91. The van der Waals surface area contributed by atoms with Crippen molar-refractivity contribution in [2.75, 3.05) is 0 Å². The number of aromatic nitrogens is 1. The van der Waals surface area contributed by atoms with Gasteiger partial charge in [-0.05, 0) is 6.42 Å². The fraction of sp³-hybridized carbons (Fsp3) is 0.556. The molecule has 0 unspecified atom stereocenters. The maximum atomic E-state index is 10.9. The lowest BCUT2D eigenvalue weighted by Crippen LogP contribution is -2.07. The molecule has 71 valence electrons. The first-order valence-corrected chi connectivity index (χ1v) is 5.27. The molecule has 0 saturated carbocycles. The van der Waals surface area contributed by atoms with Crippen LogP contribution in [0.4, 0.5) is 5.13 Å². The first-order chi connectivity index (χ1) is 6.26. The number of aryl methyl sites for hydroxylation is 1. The number of hydrogen-bond acceptors (Lipinski definition) is 3. The summed E-state index contributed by atoms with van der Waals surface area (Å²) in [6.07, 6.45) is 4.37. The van der Waals surface area contributed by atoms with Crippen LogP contribution in [0.5, 0.6) is 0 Å². The molecule has 3 nitrogen and oxygen atoms in total. The van der Waals surface area contributed by atoms with E-state index < -0.39 is 0 Å². The standard InChI is InChI=1S/C9H13N2OS/c1-3-5-7-6-10-9(13-7)11-8(12)4-2/h6H,3-5H2,1-2H3. The zero-order valence-corrected chi connectivity index (χ0v) is 8.73. The molecule has 0 saturated heterocycles. The second-order valence-corrected chi connectivity index (χ2v) is 3.81. The Labute approximate surface area is 82.2 Å². The molecule has 0 bridgehead atoms. The van der Waals surface area contributed by atoms with E-state index in [-0.39, 0.29) is 5.91 Å². The van der Waals surface area contributed by atoms with Gasteiger partial charge in [0, 0.05) is 17.5 Å². The molecule has 0 atom stereocenters. The van der Waals surface area contributed by atoms with Gasteiger partial charge in [-0.15, -0.1) is 0 Å². The Bertz CT molecular complexity index is 283. The van der Waals surface area contributed by atoms with Crippen molar-refractivity contribution >= 4 is 22.4 Å². The van der Waals surface area contributed by atoms with Gasteiger partial charge in [0.2, 0.25) is 11.0 Å². The first-order valence-electron chi connectivity index (χ1n) is 4.45. The van der Waals surface area contributed by atoms with Crippen LogP contribution >= 0.6 is 11.3 Å². The van der Waals surface area contributed by atoms with Crippen LogP contribution in [0.2, 0.25) is 0 Å². The number of thiazole rings is 1. The lowest BCUT2D eigenvalue weighted by atomic mass is 10.3. The third-order valence-electron chi connectivity index (χ3n) is 1.56. The van der Waals surface area contributed by atoms with Gasteiger partial charge in [0.15, 0.2) is 0 Å². The van der Waals surface area contributed by atoms with E-state index in [0.717, 1.165) is 12.8 Å². The van der Waals surface area contributed by atoms with Crippen LogP contribution in [0.1, 0.15) is 31.6 Å². The second kappa shape index (κ2) is 4.97. The Balaban J connectivity index is 2.53. The summed E-state index contributed by atoms with van der Waals surface area (Å²) in [5, 5.41) is 4.44. The van der Waals surface area contributed by atoms with Crippen molar-refractivity contribution in [2.45, 2.75) is 33.1 Å². The van der Waals surface area contributed by atoms with Gasteiger partial charge in [0.25, 0.3) is 0 Å². The smallest absolute Gasteiger partial charge is 0.248 e. The first kappa shape index (κ1) is 10.2. The minimum atomic E-state index is -0.0996. The number of carbonyl (C=O) groups excluding carboxylic acids is 1. The van der Waals surface area contributed by atoms with Crippen LogP contribution < -0.4 is 5.32 Å². The summed E-state index contributed by atoms with van der Waals surface area (Å²) in [5.74, 6) is -0.0996. The summed E-state index contributed by atoms with van der Waals surface area (Å²) in [6, 6.07) is 0. The van der Waals surface area contributed by atoms with Gasteiger partial charge in [0.05, 0.1) is 0 Å². The van der Waals surface area contributed by atoms with E-state index in [9.17, 15) is 4.79 Å². The van der Waals surface area contributed by atoms with Crippen LogP contribution in [-0.2, 0) is 11.2 Å². The Morgan fingerprint density at radius 2 is 2.38 bits per heavy atom. The molecule has 1 rings (SSSR count). The van der Waals surface area contributed by atoms with Crippen LogP contribution in [0, 0.1) is 0 Å². The van der Waals surface area contributed by atoms with E-state index in [1.807, 2.05) is 0 Å². The van der Waals surface area contributed by atoms with E-state index in [2.05, 4.69) is 17.2 Å². The number of hydrogen-bond donors (Lipinski definition) is 0. The van der Waals surface area contributed by atoms with Gasteiger partial charge in [-0.3, -0.25) is 4.79 Å². The monoisotopic (exact) mass is 197 g/mol. The highest BCUT2D eigenvalue weighted by atomic mass is 32.1. The number of rotatable bonds is 4. The average Bonchev–Trinajstić information content (AvgIpc) is 2.53. The molecule has 0 aliphatic heterocycles. The molecule has 0 fully saturated rings. The number of carbonyl (C=O) groups is 1. The summed E-state index contributed by atoms with van der Waals surface area (Å²) in [7, 11) is 0. The molecule has 0 aromatic carbocycles. The van der Waals surface area contributed by atoms with E-state index in [0.29, 0.717) is 11.6 Å².